The number of nitrogens with zero attached hydrogens (tertiary/aromatic N) is 3. The van der Waals surface area contributed by atoms with E-state index in [1.54, 1.807) is 42.6 Å². The SMILES string of the molecule is O=C1c2ccccc2C(=O)N1c1ncc(Cc2cccc([N+](=O)[O-])c2)s1. The van der Waals surface area contributed by atoms with Crippen molar-refractivity contribution in [2.45, 2.75) is 6.42 Å². The van der Waals surface area contributed by atoms with Crippen LogP contribution in [-0.2, 0) is 6.42 Å². The summed E-state index contributed by atoms with van der Waals surface area (Å²) in [5.41, 5.74) is 1.52. The molecule has 0 unspecified atom stereocenters. The number of amides is 2. The number of hydrogen-bond acceptors (Lipinski definition) is 6. The molecule has 2 amide bonds. The maximum Gasteiger partial charge on any atom is 0.269 e. The number of benzene rings is 2. The van der Waals surface area contributed by atoms with Crippen molar-refractivity contribution in [1.29, 1.82) is 0 Å². The lowest BCUT2D eigenvalue weighted by Crippen LogP contribution is -2.29. The number of rotatable bonds is 4. The lowest BCUT2D eigenvalue weighted by atomic mass is 10.1. The van der Waals surface area contributed by atoms with E-state index >= 15 is 0 Å². The number of hydrogen-bond donors (Lipinski definition) is 0. The third-order valence-electron chi connectivity index (χ3n) is 4.03. The minimum Gasteiger partial charge on any atom is -0.268 e. The second-order valence-corrected chi connectivity index (χ2v) is 6.80. The molecular formula is C18H11N3O4S. The van der Waals surface area contributed by atoms with E-state index in [-0.39, 0.29) is 17.5 Å². The van der Waals surface area contributed by atoms with Gasteiger partial charge in [0.1, 0.15) is 0 Å². The number of carbonyl (C=O) groups is 2. The van der Waals surface area contributed by atoms with Crippen LogP contribution in [0, 0.1) is 10.1 Å². The Balaban J connectivity index is 1.60. The zero-order chi connectivity index (χ0) is 18.3. The summed E-state index contributed by atoms with van der Waals surface area (Å²) in [6.07, 6.45) is 2.02. The van der Waals surface area contributed by atoms with Crippen LogP contribution in [0.3, 0.4) is 0 Å². The minimum absolute atomic E-state index is 0.0209. The van der Waals surface area contributed by atoms with Crippen molar-refractivity contribution in [3.63, 3.8) is 0 Å². The van der Waals surface area contributed by atoms with Gasteiger partial charge in [-0.1, -0.05) is 24.3 Å². The van der Waals surface area contributed by atoms with E-state index in [4.69, 9.17) is 0 Å². The van der Waals surface area contributed by atoms with Crippen LogP contribution in [0.25, 0.3) is 0 Å². The highest BCUT2D eigenvalue weighted by Crippen LogP contribution is 2.32. The standard InChI is InChI=1S/C18H11N3O4S/c22-16-14-6-1-2-7-15(14)17(23)20(16)18-19-10-13(26-18)9-11-4-3-5-12(8-11)21(24)25/h1-8,10H,9H2. The largest absolute Gasteiger partial charge is 0.269 e. The average Bonchev–Trinajstić information content (AvgIpc) is 3.18. The number of non-ortho nitro benzene ring substituents is 1. The van der Waals surface area contributed by atoms with Crippen molar-refractivity contribution >= 4 is 34.0 Å². The van der Waals surface area contributed by atoms with Crippen molar-refractivity contribution in [3.05, 3.63) is 86.4 Å². The fourth-order valence-electron chi connectivity index (χ4n) is 2.83. The molecule has 4 rings (SSSR count). The summed E-state index contributed by atoms with van der Waals surface area (Å²) < 4.78 is 0. The summed E-state index contributed by atoms with van der Waals surface area (Å²) in [7, 11) is 0. The lowest BCUT2D eigenvalue weighted by Gasteiger charge is -2.08. The summed E-state index contributed by atoms with van der Waals surface area (Å²) >= 11 is 1.22. The number of fused-ring (bicyclic) bond motifs is 1. The predicted molar refractivity (Wildman–Crippen MR) is 95.6 cm³/mol. The summed E-state index contributed by atoms with van der Waals surface area (Å²) in [6.45, 7) is 0. The number of nitro benzene ring substituents is 1. The molecule has 0 saturated heterocycles. The predicted octanol–water partition coefficient (Wildman–Crippen LogP) is 3.44. The number of nitro groups is 1. The Bertz CT molecular complexity index is 1020. The van der Waals surface area contributed by atoms with Crippen LogP contribution >= 0.6 is 11.3 Å². The first-order valence-corrected chi connectivity index (χ1v) is 8.52. The van der Waals surface area contributed by atoms with Gasteiger partial charge in [-0.3, -0.25) is 19.7 Å². The maximum absolute atomic E-state index is 12.5. The molecule has 26 heavy (non-hydrogen) atoms. The molecule has 128 valence electrons. The molecule has 1 aliphatic heterocycles. The number of aromatic nitrogens is 1. The van der Waals surface area contributed by atoms with E-state index in [9.17, 15) is 19.7 Å². The van der Waals surface area contributed by atoms with E-state index in [1.165, 1.54) is 23.5 Å². The third kappa shape index (κ3) is 2.66. The van der Waals surface area contributed by atoms with Crippen LogP contribution < -0.4 is 4.90 Å². The first-order valence-electron chi connectivity index (χ1n) is 7.70. The molecule has 3 aromatic rings. The molecule has 1 aromatic heterocycles. The molecule has 2 aromatic carbocycles. The Morgan fingerprint density at radius 2 is 1.73 bits per heavy atom. The zero-order valence-corrected chi connectivity index (χ0v) is 14.1. The van der Waals surface area contributed by atoms with E-state index in [2.05, 4.69) is 4.98 Å². The first kappa shape index (κ1) is 16.1. The molecule has 0 saturated carbocycles. The van der Waals surface area contributed by atoms with Crippen molar-refractivity contribution in [1.82, 2.24) is 4.98 Å². The molecule has 0 bridgehead atoms. The van der Waals surface area contributed by atoms with Crippen LogP contribution in [0.2, 0.25) is 0 Å². The highest BCUT2D eigenvalue weighted by molar-refractivity contribution is 7.16. The quantitative estimate of drug-likeness (QED) is 0.401. The number of anilines is 1. The summed E-state index contributed by atoms with van der Waals surface area (Å²) in [6, 6.07) is 13.0. The van der Waals surface area contributed by atoms with Gasteiger partial charge in [0.2, 0.25) is 0 Å². The summed E-state index contributed by atoms with van der Waals surface area (Å²) in [4.78, 5) is 41.5. The van der Waals surface area contributed by atoms with E-state index < -0.39 is 4.92 Å². The molecule has 0 atom stereocenters. The van der Waals surface area contributed by atoms with Crippen LogP contribution in [0.5, 0.6) is 0 Å². The van der Waals surface area contributed by atoms with Gasteiger partial charge in [-0.15, -0.1) is 11.3 Å². The third-order valence-corrected chi connectivity index (χ3v) is 5.01. The fraction of sp³-hybridized carbons (Fsp3) is 0.0556. The highest BCUT2D eigenvalue weighted by atomic mass is 32.1. The van der Waals surface area contributed by atoms with Crippen molar-refractivity contribution < 1.29 is 14.5 Å². The van der Waals surface area contributed by atoms with Gasteiger partial charge >= 0.3 is 0 Å². The summed E-state index contributed by atoms with van der Waals surface area (Å²) in [5, 5.41) is 11.2. The van der Waals surface area contributed by atoms with Crippen LogP contribution in [0.15, 0.2) is 54.7 Å². The van der Waals surface area contributed by atoms with E-state index in [0.29, 0.717) is 22.7 Å². The molecule has 1 aliphatic rings. The molecule has 7 nitrogen and oxygen atoms in total. The molecular weight excluding hydrogens is 354 g/mol. The van der Waals surface area contributed by atoms with Crippen molar-refractivity contribution in [2.24, 2.45) is 0 Å². The normalized spacial score (nSPS) is 13.2. The van der Waals surface area contributed by atoms with Crippen LogP contribution in [0.1, 0.15) is 31.2 Å². The van der Waals surface area contributed by atoms with E-state index in [1.807, 2.05) is 0 Å². The number of carbonyl (C=O) groups excluding carboxylic acids is 2. The number of thiazole rings is 1. The maximum atomic E-state index is 12.5. The fourth-order valence-corrected chi connectivity index (χ4v) is 3.77. The Labute approximate surface area is 151 Å². The molecule has 0 spiro atoms. The smallest absolute Gasteiger partial charge is 0.268 e. The Kier molecular flexibility index (Phi) is 3.81. The van der Waals surface area contributed by atoms with Crippen molar-refractivity contribution in [3.8, 4) is 0 Å². The lowest BCUT2D eigenvalue weighted by molar-refractivity contribution is -0.384. The molecule has 0 radical (unpaired) electrons. The Morgan fingerprint density at radius 3 is 2.38 bits per heavy atom. The Morgan fingerprint density at radius 1 is 1.04 bits per heavy atom. The molecule has 2 heterocycles. The van der Waals surface area contributed by atoms with Crippen LogP contribution in [0.4, 0.5) is 10.8 Å². The van der Waals surface area contributed by atoms with Gasteiger partial charge in [0.05, 0.1) is 16.1 Å². The van der Waals surface area contributed by atoms with Gasteiger partial charge < -0.3 is 0 Å². The van der Waals surface area contributed by atoms with Gasteiger partial charge in [-0.05, 0) is 17.7 Å². The average molecular weight is 365 g/mol. The van der Waals surface area contributed by atoms with Gasteiger partial charge in [0, 0.05) is 29.6 Å². The molecule has 0 N–H and O–H groups in total. The number of imide groups is 1. The molecule has 8 heteroatoms. The highest BCUT2D eigenvalue weighted by Gasteiger charge is 2.37. The van der Waals surface area contributed by atoms with Gasteiger partial charge in [-0.25, -0.2) is 9.88 Å². The minimum atomic E-state index is -0.444. The van der Waals surface area contributed by atoms with E-state index in [0.717, 1.165) is 15.3 Å². The van der Waals surface area contributed by atoms with Crippen LogP contribution in [-0.4, -0.2) is 21.7 Å². The van der Waals surface area contributed by atoms with Crippen molar-refractivity contribution in [2.75, 3.05) is 4.90 Å². The Hall–Kier alpha value is -3.39. The monoisotopic (exact) mass is 365 g/mol. The zero-order valence-electron chi connectivity index (χ0n) is 13.3. The van der Waals surface area contributed by atoms with Gasteiger partial charge in [0.25, 0.3) is 17.5 Å². The molecule has 0 fully saturated rings. The molecule has 0 aliphatic carbocycles. The first-order chi connectivity index (χ1) is 12.5. The summed E-state index contributed by atoms with van der Waals surface area (Å²) in [5.74, 6) is -0.774. The second-order valence-electron chi connectivity index (χ2n) is 5.70. The van der Waals surface area contributed by atoms with Gasteiger partial charge in [-0.2, -0.15) is 0 Å². The second kappa shape index (κ2) is 6.16. The van der Waals surface area contributed by atoms with Gasteiger partial charge in [0.15, 0.2) is 5.13 Å². The topological polar surface area (TPSA) is 93.4 Å².